The van der Waals surface area contributed by atoms with E-state index in [0.29, 0.717) is 0 Å². The number of aromatic nitrogens is 1. The number of hydrogen-bond donors (Lipinski definition) is 1. The Morgan fingerprint density at radius 1 is 1.09 bits per heavy atom. The molecule has 1 aliphatic heterocycles. The van der Waals surface area contributed by atoms with Crippen LogP contribution in [0.5, 0.6) is 0 Å². The molecule has 0 spiro atoms. The predicted octanol–water partition coefficient (Wildman–Crippen LogP) is 1.26. The fourth-order valence-corrected chi connectivity index (χ4v) is 2.78. The Balaban J connectivity index is 2.22. The number of hydrogen-bond acceptors (Lipinski definition) is 2. The summed E-state index contributed by atoms with van der Waals surface area (Å²) in [4.78, 5) is 24.3. The lowest BCUT2D eigenvalue weighted by Crippen LogP contribution is -2.57. The van der Waals surface area contributed by atoms with Gasteiger partial charge in [-0.05, 0) is 6.07 Å². The van der Waals surface area contributed by atoms with Gasteiger partial charge >= 0.3 is 0 Å². The molecule has 2 heterocycles. The largest absolute Gasteiger partial charge is 0.763 e. The van der Waals surface area contributed by atoms with Crippen LogP contribution in [-0.4, -0.2) is 17.7 Å². The molecule has 2 aromatic rings. The Bertz CT molecular complexity index is 829. The number of carbonyl (C=O) groups excluding carboxylic acids is 2. The van der Waals surface area contributed by atoms with E-state index >= 15 is 0 Å². The number of carbonyl (C=O) groups is 2. The molecule has 1 fully saturated rings. The number of imide groups is 1. The summed E-state index contributed by atoms with van der Waals surface area (Å²) in [6.45, 7) is 0. The van der Waals surface area contributed by atoms with Crippen LogP contribution in [0.2, 0.25) is 0 Å². The van der Waals surface area contributed by atoms with Gasteiger partial charge in [0.15, 0.2) is 12.4 Å². The standard InChI is InChI=1S/C17H12FN3O2/c18-13-7-3-2-6-11(13)14-12(10-19)16(22)20-17(23)15(14)21-8-4-1-5-9-21/h1-9,14-15H,(H,20,22,23)/t14-,15+/m1/s1. The van der Waals surface area contributed by atoms with Crippen molar-refractivity contribution in [2.45, 2.75) is 12.0 Å². The van der Waals surface area contributed by atoms with E-state index < -0.39 is 29.6 Å². The highest BCUT2D eigenvalue weighted by molar-refractivity contribution is 6.14. The van der Waals surface area contributed by atoms with Crippen molar-refractivity contribution >= 4 is 17.7 Å². The summed E-state index contributed by atoms with van der Waals surface area (Å²) < 4.78 is 15.8. The second kappa shape index (κ2) is 5.94. The van der Waals surface area contributed by atoms with Crippen LogP contribution in [0, 0.1) is 5.82 Å². The molecule has 6 heteroatoms. The van der Waals surface area contributed by atoms with Gasteiger partial charge in [-0.25, -0.2) is 4.39 Å². The summed E-state index contributed by atoms with van der Waals surface area (Å²) in [5.41, 5.74) is -0.0374. The maximum Gasteiger partial charge on any atom is 0.296 e. The van der Waals surface area contributed by atoms with Gasteiger partial charge in [-0.2, -0.15) is 4.57 Å². The molecule has 114 valence electrons. The fourth-order valence-electron chi connectivity index (χ4n) is 2.78. The highest BCUT2D eigenvalue weighted by atomic mass is 19.1. The molecule has 23 heavy (non-hydrogen) atoms. The van der Waals surface area contributed by atoms with Crippen LogP contribution in [0.3, 0.4) is 0 Å². The first-order valence-electron chi connectivity index (χ1n) is 6.96. The molecule has 1 aromatic carbocycles. The van der Waals surface area contributed by atoms with Crippen LogP contribution >= 0.6 is 0 Å². The molecule has 1 aromatic heterocycles. The van der Waals surface area contributed by atoms with Gasteiger partial charge in [0.1, 0.15) is 5.82 Å². The lowest BCUT2D eigenvalue weighted by Gasteiger charge is -2.28. The quantitative estimate of drug-likeness (QED) is 0.392. The maximum atomic E-state index is 14.3. The number of benzene rings is 1. The van der Waals surface area contributed by atoms with Crippen molar-refractivity contribution in [1.82, 2.24) is 5.32 Å². The maximum absolute atomic E-state index is 14.3. The topological polar surface area (TPSA) is 72.3 Å². The van der Waals surface area contributed by atoms with E-state index in [1.165, 1.54) is 18.2 Å². The number of pyridine rings is 1. The number of piperidine rings is 1. The Kier molecular flexibility index (Phi) is 3.83. The molecule has 1 aliphatic rings. The number of nitrogens with zero attached hydrogens (tertiary/aromatic N) is 2. The number of rotatable bonds is 2. The molecule has 3 rings (SSSR count). The van der Waals surface area contributed by atoms with Crippen LogP contribution in [0.25, 0.3) is 5.41 Å². The molecule has 0 aliphatic carbocycles. The SMILES string of the molecule is [N-]=C=C1C(=O)NC(=O)[C@@H]([n+]2ccccc2)[C@@H]1c1ccccc1F. The first-order chi connectivity index (χ1) is 11.1. The van der Waals surface area contributed by atoms with Crippen molar-refractivity contribution in [3.05, 3.63) is 77.2 Å². The zero-order valence-corrected chi connectivity index (χ0v) is 11.9. The summed E-state index contributed by atoms with van der Waals surface area (Å²) in [5.74, 6) is -1.07. The second-order valence-electron chi connectivity index (χ2n) is 5.11. The minimum absolute atomic E-state index is 0.147. The molecule has 0 saturated carbocycles. The summed E-state index contributed by atoms with van der Waals surface area (Å²) in [5, 5.41) is 11.5. The van der Waals surface area contributed by atoms with Crippen LogP contribution in [-0.2, 0) is 9.59 Å². The van der Waals surface area contributed by atoms with Gasteiger partial charge in [-0.15, -0.1) is 0 Å². The average molecular weight is 309 g/mol. The van der Waals surface area contributed by atoms with Crippen molar-refractivity contribution in [3.63, 3.8) is 0 Å². The third-order valence-electron chi connectivity index (χ3n) is 3.80. The lowest BCUT2D eigenvalue weighted by molar-refractivity contribution is -0.711. The van der Waals surface area contributed by atoms with Gasteiger partial charge in [0.05, 0.1) is 11.5 Å². The summed E-state index contributed by atoms with van der Waals surface area (Å²) >= 11 is 0. The van der Waals surface area contributed by atoms with Gasteiger partial charge < -0.3 is 5.41 Å². The Morgan fingerprint density at radius 3 is 2.43 bits per heavy atom. The molecule has 1 N–H and O–H groups in total. The highest BCUT2D eigenvalue weighted by Gasteiger charge is 2.47. The van der Waals surface area contributed by atoms with Gasteiger partial charge in [-0.1, -0.05) is 24.3 Å². The van der Waals surface area contributed by atoms with E-state index in [9.17, 15) is 19.4 Å². The van der Waals surface area contributed by atoms with Crippen molar-refractivity contribution in [3.8, 4) is 0 Å². The molecule has 2 atom stereocenters. The fraction of sp³-hybridized carbons (Fsp3) is 0.118. The van der Waals surface area contributed by atoms with Crippen molar-refractivity contribution in [2.75, 3.05) is 0 Å². The zero-order chi connectivity index (χ0) is 16.4. The minimum atomic E-state index is -0.977. The summed E-state index contributed by atoms with van der Waals surface area (Å²) in [7, 11) is 0. The van der Waals surface area contributed by atoms with E-state index in [2.05, 4.69) is 5.32 Å². The van der Waals surface area contributed by atoms with E-state index in [1.807, 2.05) is 5.87 Å². The Morgan fingerprint density at radius 2 is 1.78 bits per heavy atom. The van der Waals surface area contributed by atoms with E-state index in [-0.39, 0.29) is 11.1 Å². The van der Waals surface area contributed by atoms with E-state index in [1.54, 1.807) is 41.2 Å². The second-order valence-corrected chi connectivity index (χ2v) is 5.11. The minimum Gasteiger partial charge on any atom is -0.763 e. The van der Waals surface area contributed by atoms with Gasteiger partial charge in [0.2, 0.25) is 6.04 Å². The van der Waals surface area contributed by atoms with Gasteiger partial charge in [-0.3, -0.25) is 20.8 Å². The van der Waals surface area contributed by atoms with Gasteiger partial charge in [0, 0.05) is 17.7 Å². The van der Waals surface area contributed by atoms with E-state index in [0.717, 1.165) is 0 Å². The van der Waals surface area contributed by atoms with Crippen molar-refractivity contribution in [1.29, 1.82) is 0 Å². The first kappa shape index (κ1) is 14.8. The summed E-state index contributed by atoms with van der Waals surface area (Å²) in [6.07, 6.45) is 3.28. The summed E-state index contributed by atoms with van der Waals surface area (Å²) in [6, 6.07) is 10.1. The number of nitrogens with one attached hydrogen (secondary N) is 1. The van der Waals surface area contributed by atoms with Crippen LogP contribution in [0.1, 0.15) is 17.5 Å². The van der Waals surface area contributed by atoms with Crippen LogP contribution < -0.4 is 9.88 Å². The predicted molar refractivity (Wildman–Crippen MR) is 79.8 cm³/mol. The molecule has 0 radical (unpaired) electrons. The third-order valence-corrected chi connectivity index (χ3v) is 3.80. The molecule has 1 saturated heterocycles. The lowest BCUT2D eigenvalue weighted by atomic mass is 9.81. The van der Waals surface area contributed by atoms with Crippen molar-refractivity contribution in [2.24, 2.45) is 0 Å². The average Bonchev–Trinajstić information content (AvgIpc) is 2.55. The molecule has 0 bridgehead atoms. The molecule has 0 unspecified atom stereocenters. The number of halogens is 1. The monoisotopic (exact) mass is 309 g/mol. The molecular formula is C17H12FN3O2. The third kappa shape index (κ3) is 2.56. The van der Waals surface area contributed by atoms with E-state index in [4.69, 9.17) is 0 Å². The Labute approximate surface area is 131 Å². The normalized spacial score (nSPS) is 20.8. The Hall–Kier alpha value is -3.11. The first-order valence-corrected chi connectivity index (χ1v) is 6.96. The molecular weight excluding hydrogens is 297 g/mol. The molecule has 2 amide bonds. The van der Waals surface area contributed by atoms with Gasteiger partial charge in [0.25, 0.3) is 11.8 Å². The number of amides is 2. The zero-order valence-electron chi connectivity index (χ0n) is 11.9. The smallest absolute Gasteiger partial charge is 0.296 e. The van der Waals surface area contributed by atoms with Crippen molar-refractivity contribution < 1.29 is 18.5 Å². The highest BCUT2D eigenvalue weighted by Crippen LogP contribution is 2.35. The molecule has 5 nitrogen and oxygen atoms in total. The van der Waals surface area contributed by atoms with Crippen LogP contribution in [0.15, 0.2) is 60.4 Å². The van der Waals surface area contributed by atoms with Crippen LogP contribution in [0.4, 0.5) is 4.39 Å².